The minimum atomic E-state index is -0.104. The fourth-order valence-electron chi connectivity index (χ4n) is 4.06. The van der Waals surface area contributed by atoms with Crippen LogP contribution in [-0.2, 0) is 30.2 Å². The molecule has 0 bridgehead atoms. The van der Waals surface area contributed by atoms with E-state index in [-0.39, 0.29) is 11.9 Å². The highest BCUT2D eigenvalue weighted by molar-refractivity contribution is 5.72. The largest absolute Gasteiger partial charge is 0.491 e. The molecular formula is C31H54O6. The summed E-state index contributed by atoms with van der Waals surface area (Å²) in [5.41, 5.74) is 1.38. The molecule has 0 spiro atoms. The first-order valence-electron chi connectivity index (χ1n) is 14.8. The molecule has 1 rings (SSSR count). The Labute approximate surface area is 226 Å². The van der Waals surface area contributed by atoms with E-state index in [4.69, 9.17) is 23.7 Å². The van der Waals surface area contributed by atoms with Gasteiger partial charge in [-0.25, -0.2) is 0 Å². The number of carbonyl (C=O) groups is 1. The standard InChI is InChI=1S/C31H54O6/c1-4-7-9-10-11-12-13-14-28-16-18-30(19-17-28)36-26-24-34-22-20-33-21-23-35-25-27-37-31(32)29(6-3)15-8-5-2/h16-19,29H,4-15,20-27H2,1-3H3. The molecule has 1 unspecified atom stereocenters. The van der Waals surface area contributed by atoms with Crippen molar-refractivity contribution in [1.82, 2.24) is 0 Å². The number of hydrogen-bond donors (Lipinski definition) is 0. The first-order chi connectivity index (χ1) is 18.2. The minimum Gasteiger partial charge on any atom is -0.491 e. The van der Waals surface area contributed by atoms with Gasteiger partial charge in [0.25, 0.3) is 0 Å². The number of unbranched alkanes of at least 4 members (excludes halogenated alkanes) is 7. The lowest BCUT2D eigenvalue weighted by Crippen LogP contribution is -2.20. The average Bonchev–Trinajstić information content (AvgIpc) is 2.92. The molecule has 0 aliphatic rings. The summed E-state index contributed by atoms with van der Waals surface area (Å²) in [6, 6.07) is 8.44. The van der Waals surface area contributed by atoms with Gasteiger partial charge in [-0.05, 0) is 43.4 Å². The molecule has 0 aliphatic heterocycles. The van der Waals surface area contributed by atoms with Gasteiger partial charge >= 0.3 is 5.97 Å². The number of hydrogen-bond acceptors (Lipinski definition) is 6. The molecule has 0 radical (unpaired) electrons. The third kappa shape index (κ3) is 19.1. The molecule has 1 aromatic rings. The van der Waals surface area contributed by atoms with E-state index in [1.165, 1.54) is 50.5 Å². The van der Waals surface area contributed by atoms with Crippen LogP contribution in [0.15, 0.2) is 24.3 Å². The Balaban J connectivity index is 1.89. The molecule has 0 heterocycles. The van der Waals surface area contributed by atoms with Crippen LogP contribution in [0.4, 0.5) is 0 Å². The second kappa shape index (κ2) is 24.7. The van der Waals surface area contributed by atoms with E-state index in [0.717, 1.165) is 37.9 Å². The third-order valence-electron chi connectivity index (χ3n) is 6.44. The zero-order valence-corrected chi connectivity index (χ0v) is 24.0. The molecular weight excluding hydrogens is 468 g/mol. The van der Waals surface area contributed by atoms with Crippen LogP contribution >= 0.6 is 0 Å². The Morgan fingerprint density at radius 3 is 1.78 bits per heavy atom. The van der Waals surface area contributed by atoms with Gasteiger partial charge in [-0.2, -0.15) is 0 Å². The van der Waals surface area contributed by atoms with Crippen molar-refractivity contribution in [2.75, 3.05) is 52.9 Å². The van der Waals surface area contributed by atoms with E-state index >= 15 is 0 Å². The summed E-state index contributed by atoms with van der Waals surface area (Å²) >= 11 is 0. The first kappa shape index (κ1) is 33.4. The summed E-state index contributed by atoms with van der Waals surface area (Å²) in [4.78, 5) is 12.0. The van der Waals surface area contributed by atoms with Gasteiger partial charge in [0.15, 0.2) is 0 Å². The molecule has 0 saturated heterocycles. The second-order valence-electron chi connectivity index (χ2n) is 9.62. The lowest BCUT2D eigenvalue weighted by atomic mass is 10.00. The molecule has 0 saturated carbocycles. The van der Waals surface area contributed by atoms with Crippen LogP contribution in [-0.4, -0.2) is 58.8 Å². The molecule has 0 amide bonds. The number of esters is 1. The van der Waals surface area contributed by atoms with Crippen molar-refractivity contribution in [3.8, 4) is 5.75 Å². The summed E-state index contributed by atoms with van der Waals surface area (Å²) in [6.07, 6.45) is 14.4. The van der Waals surface area contributed by atoms with E-state index < -0.39 is 0 Å². The summed E-state index contributed by atoms with van der Waals surface area (Å²) in [5, 5.41) is 0. The van der Waals surface area contributed by atoms with Crippen molar-refractivity contribution in [3.63, 3.8) is 0 Å². The van der Waals surface area contributed by atoms with Crippen LogP contribution in [0.3, 0.4) is 0 Å². The monoisotopic (exact) mass is 522 g/mol. The Bertz CT molecular complexity index is 633. The summed E-state index contributed by atoms with van der Waals surface area (Å²) in [7, 11) is 0. The molecule has 37 heavy (non-hydrogen) atoms. The fraction of sp³-hybridized carbons (Fsp3) is 0.774. The smallest absolute Gasteiger partial charge is 0.308 e. The van der Waals surface area contributed by atoms with Crippen LogP contribution in [0.5, 0.6) is 5.75 Å². The summed E-state index contributed by atoms with van der Waals surface area (Å²) in [5.74, 6) is 0.795. The Hall–Kier alpha value is -1.63. The fourth-order valence-corrected chi connectivity index (χ4v) is 4.06. The SMILES string of the molecule is CCCCCCCCCc1ccc(OCCOCCOCCOCCOC(=O)C(CC)CCCC)cc1. The van der Waals surface area contributed by atoms with Crippen molar-refractivity contribution in [2.24, 2.45) is 5.92 Å². The van der Waals surface area contributed by atoms with Gasteiger partial charge in [0.2, 0.25) is 0 Å². The molecule has 1 atom stereocenters. The highest BCUT2D eigenvalue weighted by atomic mass is 16.6. The molecule has 0 fully saturated rings. The molecule has 214 valence electrons. The molecule has 0 N–H and O–H groups in total. The van der Waals surface area contributed by atoms with Gasteiger partial charge in [-0.15, -0.1) is 0 Å². The Kier molecular flexibility index (Phi) is 22.3. The lowest BCUT2D eigenvalue weighted by molar-refractivity contribution is -0.150. The Morgan fingerprint density at radius 2 is 1.19 bits per heavy atom. The third-order valence-corrected chi connectivity index (χ3v) is 6.44. The summed E-state index contributed by atoms with van der Waals surface area (Å²) in [6.45, 7) is 10.2. The number of rotatable bonds is 26. The predicted molar refractivity (Wildman–Crippen MR) is 150 cm³/mol. The van der Waals surface area contributed by atoms with Crippen LogP contribution in [0, 0.1) is 5.92 Å². The number of aryl methyl sites for hydroxylation is 1. The van der Waals surface area contributed by atoms with Gasteiger partial charge in [0, 0.05) is 0 Å². The zero-order chi connectivity index (χ0) is 26.8. The zero-order valence-electron chi connectivity index (χ0n) is 24.0. The number of ether oxygens (including phenoxy) is 5. The van der Waals surface area contributed by atoms with Crippen molar-refractivity contribution in [2.45, 2.75) is 97.8 Å². The van der Waals surface area contributed by atoms with Crippen molar-refractivity contribution < 1.29 is 28.5 Å². The lowest BCUT2D eigenvalue weighted by Gasteiger charge is -2.13. The molecule has 6 nitrogen and oxygen atoms in total. The van der Waals surface area contributed by atoms with Gasteiger partial charge in [-0.3, -0.25) is 4.79 Å². The Morgan fingerprint density at radius 1 is 0.649 bits per heavy atom. The molecule has 0 aliphatic carbocycles. The van der Waals surface area contributed by atoms with Crippen molar-refractivity contribution in [3.05, 3.63) is 29.8 Å². The van der Waals surface area contributed by atoms with Crippen LogP contribution < -0.4 is 4.74 Å². The topological polar surface area (TPSA) is 63.2 Å². The van der Waals surface area contributed by atoms with Gasteiger partial charge in [-0.1, -0.05) is 84.3 Å². The second-order valence-corrected chi connectivity index (χ2v) is 9.62. The van der Waals surface area contributed by atoms with Gasteiger partial charge in [0.05, 0.1) is 45.6 Å². The summed E-state index contributed by atoms with van der Waals surface area (Å²) < 4.78 is 27.6. The molecule has 0 aromatic heterocycles. The molecule has 1 aromatic carbocycles. The van der Waals surface area contributed by atoms with E-state index in [2.05, 4.69) is 38.1 Å². The van der Waals surface area contributed by atoms with Crippen LogP contribution in [0.25, 0.3) is 0 Å². The maximum atomic E-state index is 12.0. The number of benzene rings is 1. The van der Waals surface area contributed by atoms with E-state index in [1.54, 1.807) is 0 Å². The molecule has 6 heteroatoms. The normalized spacial score (nSPS) is 12.0. The van der Waals surface area contributed by atoms with E-state index in [9.17, 15) is 4.79 Å². The average molecular weight is 523 g/mol. The minimum absolute atomic E-state index is 0.0128. The highest BCUT2D eigenvalue weighted by Gasteiger charge is 2.16. The quantitative estimate of drug-likeness (QED) is 0.0949. The van der Waals surface area contributed by atoms with Crippen molar-refractivity contribution in [1.29, 1.82) is 0 Å². The van der Waals surface area contributed by atoms with E-state index in [0.29, 0.717) is 52.9 Å². The highest BCUT2D eigenvalue weighted by Crippen LogP contribution is 2.16. The number of carbonyl (C=O) groups excluding carboxylic acids is 1. The predicted octanol–water partition coefficient (Wildman–Crippen LogP) is 7.17. The first-order valence-corrected chi connectivity index (χ1v) is 14.8. The van der Waals surface area contributed by atoms with E-state index in [1.807, 2.05) is 6.92 Å². The maximum Gasteiger partial charge on any atom is 0.308 e. The van der Waals surface area contributed by atoms with Crippen LogP contribution in [0.1, 0.15) is 97.0 Å². The maximum absolute atomic E-state index is 12.0. The van der Waals surface area contributed by atoms with Gasteiger partial charge < -0.3 is 23.7 Å². The van der Waals surface area contributed by atoms with Gasteiger partial charge in [0.1, 0.15) is 19.0 Å². The van der Waals surface area contributed by atoms with Crippen LogP contribution in [0.2, 0.25) is 0 Å². The van der Waals surface area contributed by atoms with Crippen molar-refractivity contribution >= 4 is 5.97 Å².